The van der Waals surface area contributed by atoms with Gasteiger partial charge in [-0.3, -0.25) is 9.88 Å². The molecule has 0 saturated carbocycles. The Hall–Kier alpha value is -2.67. The molecule has 2 aromatic heterocycles. The minimum Gasteiger partial charge on any atom is -0.494 e. The Balaban J connectivity index is 1.58. The molecule has 3 heterocycles. The van der Waals surface area contributed by atoms with E-state index in [9.17, 15) is 0 Å². The topological polar surface area (TPSA) is 67.5 Å². The van der Waals surface area contributed by atoms with Crippen molar-refractivity contribution in [2.24, 2.45) is 0 Å². The van der Waals surface area contributed by atoms with E-state index in [1.165, 1.54) is 11.3 Å². The zero-order chi connectivity index (χ0) is 18.8. The molecule has 7 nitrogen and oxygen atoms in total. The van der Waals surface area contributed by atoms with Crippen LogP contribution < -0.4 is 9.64 Å². The van der Waals surface area contributed by atoms with Crippen molar-refractivity contribution in [1.82, 2.24) is 20.0 Å². The van der Waals surface area contributed by atoms with Crippen molar-refractivity contribution in [2.75, 3.05) is 38.2 Å². The van der Waals surface area contributed by atoms with Gasteiger partial charge < -0.3 is 14.2 Å². The second-order valence-corrected chi connectivity index (χ2v) is 6.99. The number of aryl methyl sites for hydroxylation is 2. The third-order valence-electron chi connectivity index (χ3n) is 5.07. The van der Waals surface area contributed by atoms with Crippen LogP contribution in [-0.4, -0.2) is 53.3 Å². The van der Waals surface area contributed by atoms with Gasteiger partial charge in [-0.2, -0.15) is 4.98 Å². The number of benzene rings is 1. The predicted octanol–water partition coefficient (Wildman–Crippen LogP) is 2.96. The zero-order valence-electron chi connectivity index (χ0n) is 16.1. The maximum atomic E-state index is 5.51. The minimum absolute atomic E-state index is 0.620. The Bertz CT molecular complexity index is 939. The summed E-state index contributed by atoms with van der Waals surface area (Å²) in [6.07, 6.45) is 3.04. The lowest BCUT2D eigenvalue weighted by molar-refractivity contribution is 0.272. The van der Waals surface area contributed by atoms with Crippen molar-refractivity contribution < 1.29 is 9.26 Å². The van der Waals surface area contributed by atoms with Crippen LogP contribution >= 0.6 is 0 Å². The van der Waals surface area contributed by atoms with Crippen molar-refractivity contribution in [3.8, 4) is 5.75 Å². The zero-order valence-corrected chi connectivity index (χ0v) is 16.1. The summed E-state index contributed by atoms with van der Waals surface area (Å²) in [4.78, 5) is 13.8. The summed E-state index contributed by atoms with van der Waals surface area (Å²) in [6.45, 7) is 8.64. The van der Waals surface area contributed by atoms with Gasteiger partial charge in [-0.05, 0) is 25.0 Å². The number of para-hydroxylation sites is 1. The summed E-state index contributed by atoms with van der Waals surface area (Å²) < 4.78 is 10.6. The number of ether oxygens (including phenoxy) is 1. The third kappa shape index (κ3) is 3.60. The van der Waals surface area contributed by atoms with Crippen molar-refractivity contribution in [1.29, 1.82) is 0 Å². The molecule has 142 valence electrons. The van der Waals surface area contributed by atoms with E-state index in [2.05, 4.69) is 37.9 Å². The number of anilines is 1. The van der Waals surface area contributed by atoms with E-state index in [1.807, 2.05) is 25.3 Å². The molecule has 1 saturated heterocycles. The molecule has 4 rings (SSSR count). The number of rotatable bonds is 4. The Labute approximate surface area is 158 Å². The monoisotopic (exact) mass is 367 g/mol. The van der Waals surface area contributed by atoms with Crippen LogP contribution in [0.15, 0.2) is 28.9 Å². The van der Waals surface area contributed by atoms with Gasteiger partial charge in [0, 0.05) is 44.7 Å². The smallest absolute Gasteiger partial charge is 0.223 e. The molecule has 1 aromatic carbocycles. The molecule has 0 unspecified atom stereocenters. The second-order valence-electron chi connectivity index (χ2n) is 6.99. The molecule has 0 bridgehead atoms. The van der Waals surface area contributed by atoms with E-state index in [0.717, 1.165) is 61.6 Å². The molecule has 27 heavy (non-hydrogen) atoms. The lowest BCUT2D eigenvalue weighted by Crippen LogP contribution is -2.31. The molecule has 0 radical (unpaired) electrons. The number of hydrogen-bond acceptors (Lipinski definition) is 7. The van der Waals surface area contributed by atoms with Crippen LogP contribution in [-0.2, 0) is 6.54 Å². The van der Waals surface area contributed by atoms with Crippen LogP contribution in [0.1, 0.15) is 23.7 Å². The minimum atomic E-state index is 0.620. The van der Waals surface area contributed by atoms with Crippen LogP contribution in [0.25, 0.3) is 10.9 Å². The fourth-order valence-electron chi connectivity index (χ4n) is 3.82. The average molecular weight is 367 g/mol. The molecule has 0 N–H and O–H groups in total. The quantitative estimate of drug-likeness (QED) is 0.702. The lowest BCUT2D eigenvalue weighted by Gasteiger charge is -2.26. The van der Waals surface area contributed by atoms with Crippen LogP contribution in [0.4, 0.5) is 5.69 Å². The maximum absolute atomic E-state index is 5.51. The predicted molar refractivity (Wildman–Crippen MR) is 104 cm³/mol. The molecule has 0 atom stereocenters. The lowest BCUT2D eigenvalue weighted by atomic mass is 10.1. The summed E-state index contributed by atoms with van der Waals surface area (Å²) >= 11 is 0. The Morgan fingerprint density at radius 2 is 2.04 bits per heavy atom. The van der Waals surface area contributed by atoms with Gasteiger partial charge in [0.05, 0.1) is 19.3 Å². The molecule has 7 heteroatoms. The number of nitrogens with zero attached hydrogens (tertiary/aromatic N) is 5. The molecule has 3 aromatic rings. The Morgan fingerprint density at radius 1 is 1.15 bits per heavy atom. The first kappa shape index (κ1) is 17.7. The molecule has 0 aliphatic carbocycles. The van der Waals surface area contributed by atoms with E-state index in [-0.39, 0.29) is 0 Å². The molecule has 1 aliphatic rings. The van der Waals surface area contributed by atoms with Crippen molar-refractivity contribution in [3.05, 3.63) is 41.7 Å². The number of fused-ring (bicyclic) bond motifs is 1. The van der Waals surface area contributed by atoms with E-state index >= 15 is 0 Å². The summed E-state index contributed by atoms with van der Waals surface area (Å²) in [5.41, 5.74) is 3.37. The summed E-state index contributed by atoms with van der Waals surface area (Å²) in [7, 11) is 1.69. The standard InChI is InChI=1S/C20H25N5O2/c1-14-12-21-19-16(6-4-7-17(19)26-3)20(14)25-9-5-8-24(10-11-25)13-18-22-15(2)27-23-18/h4,6-7,12H,5,8-11,13H2,1-3H3. The molecule has 0 amide bonds. The van der Waals surface area contributed by atoms with Gasteiger partial charge in [-0.15, -0.1) is 0 Å². The van der Waals surface area contributed by atoms with Gasteiger partial charge in [-0.25, -0.2) is 0 Å². The molecule has 1 fully saturated rings. The van der Waals surface area contributed by atoms with Gasteiger partial charge in [0.15, 0.2) is 5.82 Å². The average Bonchev–Trinajstić information content (AvgIpc) is 2.94. The van der Waals surface area contributed by atoms with Crippen molar-refractivity contribution >= 4 is 16.6 Å². The highest BCUT2D eigenvalue weighted by atomic mass is 16.5. The van der Waals surface area contributed by atoms with Gasteiger partial charge in [0.2, 0.25) is 5.89 Å². The molecule has 0 spiro atoms. The van der Waals surface area contributed by atoms with Crippen LogP contribution in [0, 0.1) is 13.8 Å². The number of aromatic nitrogens is 3. The molecular formula is C20H25N5O2. The normalized spacial score (nSPS) is 15.9. The van der Waals surface area contributed by atoms with E-state index in [1.54, 1.807) is 7.11 Å². The number of hydrogen-bond donors (Lipinski definition) is 0. The molecule has 1 aliphatic heterocycles. The highest BCUT2D eigenvalue weighted by molar-refractivity contribution is 5.96. The van der Waals surface area contributed by atoms with E-state index in [4.69, 9.17) is 9.26 Å². The SMILES string of the molecule is COc1cccc2c(N3CCCN(Cc4noc(C)n4)CC3)c(C)cnc12. The second kappa shape index (κ2) is 7.52. The fraction of sp³-hybridized carbons (Fsp3) is 0.450. The first-order chi connectivity index (χ1) is 13.2. The third-order valence-corrected chi connectivity index (χ3v) is 5.07. The Kier molecular flexibility index (Phi) is 4.94. The number of methoxy groups -OCH3 is 1. The summed E-state index contributed by atoms with van der Waals surface area (Å²) in [6, 6.07) is 6.14. The van der Waals surface area contributed by atoms with E-state index in [0.29, 0.717) is 5.89 Å². The van der Waals surface area contributed by atoms with E-state index < -0.39 is 0 Å². The summed E-state index contributed by atoms with van der Waals surface area (Å²) in [5, 5.41) is 5.18. The van der Waals surface area contributed by atoms with Gasteiger partial charge in [0.25, 0.3) is 0 Å². The Morgan fingerprint density at radius 3 is 2.81 bits per heavy atom. The fourth-order valence-corrected chi connectivity index (χ4v) is 3.82. The van der Waals surface area contributed by atoms with Gasteiger partial charge >= 0.3 is 0 Å². The van der Waals surface area contributed by atoms with Crippen LogP contribution in [0.5, 0.6) is 5.75 Å². The molecular weight excluding hydrogens is 342 g/mol. The summed E-state index contributed by atoms with van der Waals surface area (Å²) in [5.74, 6) is 2.20. The number of pyridine rings is 1. The van der Waals surface area contributed by atoms with Crippen molar-refractivity contribution in [2.45, 2.75) is 26.8 Å². The first-order valence-electron chi connectivity index (χ1n) is 9.34. The highest BCUT2D eigenvalue weighted by Gasteiger charge is 2.20. The maximum Gasteiger partial charge on any atom is 0.223 e. The van der Waals surface area contributed by atoms with Gasteiger partial charge in [0.1, 0.15) is 11.3 Å². The first-order valence-corrected chi connectivity index (χ1v) is 9.34. The van der Waals surface area contributed by atoms with Gasteiger partial charge in [-0.1, -0.05) is 17.3 Å². The van der Waals surface area contributed by atoms with Crippen LogP contribution in [0.2, 0.25) is 0 Å². The van der Waals surface area contributed by atoms with Crippen molar-refractivity contribution in [3.63, 3.8) is 0 Å². The highest BCUT2D eigenvalue weighted by Crippen LogP contribution is 2.34. The largest absolute Gasteiger partial charge is 0.494 e. The van der Waals surface area contributed by atoms with Crippen LogP contribution in [0.3, 0.4) is 0 Å².